The topological polar surface area (TPSA) is 41.6 Å². The third-order valence-electron chi connectivity index (χ3n) is 3.64. The largest absolute Gasteiger partial charge is 0.495 e. The van der Waals surface area contributed by atoms with E-state index in [2.05, 4.69) is 23.7 Å². The van der Waals surface area contributed by atoms with Gasteiger partial charge in [0.05, 0.1) is 19.3 Å². The minimum Gasteiger partial charge on any atom is -0.495 e. The first-order valence-electron chi connectivity index (χ1n) is 7.19. The Labute approximate surface area is 135 Å². The summed E-state index contributed by atoms with van der Waals surface area (Å²) < 4.78 is 5.29. The van der Waals surface area contributed by atoms with Crippen LogP contribution in [-0.4, -0.2) is 31.5 Å². The van der Waals surface area contributed by atoms with Gasteiger partial charge in [0.1, 0.15) is 5.75 Å². The predicted molar refractivity (Wildman–Crippen MR) is 91.7 cm³/mol. The van der Waals surface area contributed by atoms with Gasteiger partial charge in [-0.3, -0.25) is 9.69 Å². The number of carbonyl (C=O) groups is 1. The molecular weight excluding hydrogens is 296 g/mol. The predicted octanol–water partition coefficient (Wildman–Crippen LogP) is 3.70. The van der Waals surface area contributed by atoms with Gasteiger partial charge in [0, 0.05) is 10.9 Å². The van der Waals surface area contributed by atoms with Crippen LogP contribution in [0.25, 0.3) is 0 Å². The first-order chi connectivity index (χ1) is 10.5. The van der Waals surface area contributed by atoms with Gasteiger partial charge in [-0.1, -0.05) is 12.1 Å². The second kappa shape index (κ2) is 7.42. The van der Waals surface area contributed by atoms with Gasteiger partial charge in [0.15, 0.2) is 0 Å². The molecule has 1 N–H and O–H groups in total. The van der Waals surface area contributed by atoms with Crippen molar-refractivity contribution in [3.8, 4) is 5.75 Å². The second-order valence-electron chi connectivity index (χ2n) is 5.36. The average molecular weight is 318 g/mol. The molecule has 0 saturated carbocycles. The minimum absolute atomic E-state index is 0.0465. The summed E-state index contributed by atoms with van der Waals surface area (Å²) in [6.07, 6.45) is 0. The van der Waals surface area contributed by atoms with Crippen molar-refractivity contribution in [1.29, 1.82) is 0 Å². The normalized spacial score (nSPS) is 12.2. The molecule has 0 unspecified atom stereocenters. The number of carbonyl (C=O) groups excluding carboxylic acids is 1. The Kier molecular flexibility index (Phi) is 5.57. The number of benzene rings is 1. The van der Waals surface area contributed by atoms with Crippen molar-refractivity contribution < 1.29 is 9.53 Å². The molecule has 0 bridgehead atoms. The van der Waals surface area contributed by atoms with E-state index in [1.54, 1.807) is 18.4 Å². The van der Waals surface area contributed by atoms with E-state index in [1.165, 1.54) is 4.88 Å². The van der Waals surface area contributed by atoms with Gasteiger partial charge in [-0.05, 0) is 50.0 Å². The Morgan fingerprint density at radius 3 is 2.82 bits per heavy atom. The van der Waals surface area contributed by atoms with Crippen LogP contribution >= 0.6 is 11.3 Å². The zero-order valence-corrected chi connectivity index (χ0v) is 14.2. The molecule has 1 aromatic heterocycles. The Morgan fingerprint density at radius 2 is 2.18 bits per heavy atom. The molecule has 0 aliphatic heterocycles. The van der Waals surface area contributed by atoms with Crippen LogP contribution in [0.1, 0.15) is 23.4 Å². The second-order valence-corrected chi connectivity index (χ2v) is 6.34. The first kappa shape index (κ1) is 16.5. The number of likely N-dealkylation sites (N-methyl/N-ethyl adjacent to an activating group) is 1. The third kappa shape index (κ3) is 4.08. The Hall–Kier alpha value is -1.85. The summed E-state index contributed by atoms with van der Waals surface area (Å²) >= 11 is 1.71. The van der Waals surface area contributed by atoms with E-state index in [1.807, 2.05) is 43.1 Å². The molecular formula is C17H22N2O2S. The summed E-state index contributed by atoms with van der Waals surface area (Å²) in [4.78, 5) is 15.6. The van der Waals surface area contributed by atoms with Crippen molar-refractivity contribution in [3.63, 3.8) is 0 Å². The molecule has 1 heterocycles. The van der Waals surface area contributed by atoms with Gasteiger partial charge in [0.25, 0.3) is 0 Å². The van der Waals surface area contributed by atoms with Gasteiger partial charge >= 0.3 is 0 Å². The van der Waals surface area contributed by atoms with Crippen molar-refractivity contribution in [2.75, 3.05) is 26.0 Å². The lowest BCUT2D eigenvalue weighted by atomic mass is 10.2. The number of rotatable bonds is 6. The number of hydrogen-bond acceptors (Lipinski definition) is 4. The van der Waals surface area contributed by atoms with E-state index >= 15 is 0 Å². The molecule has 0 aliphatic rings. The number of hydrogen-bond donors (Lipinski definition) is 1. The lowest BCUT2D eigenvalue weighted by Gasteiger charge is -2.23. The molecule has 2 rings (SSSR count). The summed E-state index contributed by atoms with van der Waals surface area (Å²) in [5, 5.41) is 4.98. The molecule has 4 nitrogen and oxygen atoms in total. The highest BCUT2D eigenvalue weighted by Gasteiger charge is 2.16. The van der Waals surface area contributed by atoms with Gasteiger partial charge in [-0.2, -0.15) is 0 Å². The standard InChI is InChI=1S/C17H22N2O2S/c1-12-7-8-15(21-4)14(10-12)18-17(20)11-19(3)13(2)16-6-5-9-22-16/h5-10,13H,11H2,1-4H3,(H,18,20)/t13-/m0/s1. The molecule has 0 spiro atoms. The summed E-state index contributed by atoms with van der Waals surface area (Å²) in [5.41, 5.74) is 1.79. The highest BCUT2D eigenvalue weighted by atomic mass is 32.1. The van der Waals surface area contributed by atoms with Gasteiger partial charge in [0.2, 0.25) is 5.91 Å². The van der Waals surface area contributed by atoms with Gasteiger partial charge < -0.3 is 10.1 Å². The molecule has 2 aromatic rings. The molecule has 0 aliphatic carbocycles. The number of thiophene rings is 1. The number of nitrogens with one attached hydrogen (secondary N) is 1. The summed E-state index contributed by atoms with van der Waals surface area (Å²) in [7, 11) is 3.56. The van der Waals surface area contributed by atoms with Crippen LogP contribution in [-0.2, 0) is 4.79 Å². The molecule has 22 heavy (non-hydrogen) atoms. The van der Waals surface area contributed by atoms with Gasteiger partial charge in [-0.25, -0.2) is 0 Å². The van der Waals surface area contributed by atoms with E-state index in [0.717, 1.165) is 5.56 Å². The average Bonchev–Trinajstić information content (AvgIpc) is 3.00. The van der Waals surface area contributed by atoms with Crippen LogP contribution in [0.2, 0.25) is 0 Å². The van der Waals surface area contributed by atoms with Crippen molar-refractivity contribution in [1.82, 2.24) is 4.90 Å². The van der Waals surface area contributed by atoms with Crippen molar-refractivity contribution in [3.05, 3.63) is 46.2 Å². The van der Waals surface area contributed by atoms with Crippen molar-refractivity contribution in [2.45, 2.75) is 19.9 Å². The molecule has 0 radical (unpaired) electrons. The number of anilines is 1. The number of amides is 1. The fourth-order valence-electron chi connectivity index (χ4n) is 2.22. The van der Waals surface area contributed by atoms with Crippen LogP contribution in [0.5, 0.6) is 5.75 Å². The summed E-state index contributed by atoms with van der Waals surface area (Å²) in [5.74, 6) is 0.628. The van der Waals surface area contributed by atoms with E-state index in [0.29, 0.717) is 18.0 Å². The molecule has 118 valence electrons. The third-order valence-corrected chi connectivity index (χ3v) is 4.68. The van der Waals surface area contributed by atoms with E-state index < -0.39 is 0 Å². The highest BCUT2D eigenvalue weighted by Crippen LogP contribution is 2.26. The quantitative estimate of drug-likeness (QED) is 0.883. The zero-order valence-electron chi connectivity index (χ0n) is 13.4. The number of ether oxygens (including phenoxy) is 1. The van der Waals surface area contributed by atoms with Crippen LogP contribution in [0.4, 0.5) is 5.69 Å². The molecule has 5 heteroatoms. The number of aryl methyl sites for hydroxylation is 1. The highest BCUT2D eigenvalue weighted by molar-refractivity contribution is 7.10. The van der Waals surface area contributed by atoms with Crippen molar-refractivity contribution >= 4 is 22.9 Å². The Morgan fingerprint density at radius 1 is 1.41 bits per heavy atom. The maximum atomic E-state index is 12.3. The van der Waals surface area contributed by atoms with Gasteiger partial charge in [-0.15, -0.1) is 11.3 Å². The fourth-order valence-corrected chi connectivity index (χ4v) is 3.07. The smallest absolute Gasteiger partial charge is 0.238 e. The van der Waals surface area contributed by atoms with Crippen LogP contribution in [0.3, 0.4) is 0 Å². The number of nitrogens with zero attached hydrogens (tertiary/aromatic N) is 1. The monoisotopic (exact) mass is 318 g/mol. The van der Waals surface area contributed by atoms with E-state index in [4.69, 9.17) is 4.74 Å². The fraction of sp³-hybridized carbons (Fsp3) is 0.353. The number of methoxy groups -OCH3 is 1. The van der Waals surface area contributed by atoms with Crippen molar-refractivity contribution in [2.24, 2.45) is 0 Å². The van der Waals surface area contributed by atoms with Crippen LogP contribution in [0.15, 0.2) is 35.7 Å². The first-order valence-corrected chi connectivity index (χ1v) is 8.07. The van der Waals surface area contributed by atoms with E-state index in [9.17, 15) is 4.79 Å². The lowest BCUT2D eigenvalue weighted by Crippen LogP contribution is -2.32. The lowest BCUT2D eigenvalue weighted by molar-refractivity contribution is -0.117. The Balaban J connectivity index is 1.99. The Bertz CT molecular complexity index is 626. The maximum Gasteiger partial charge on any atom is 0.238 e. The molecule has 1 atom stereocenters. The van der Waals surface area contributed by atoms with Crippen LogP contribution < -0.4 is 10.1 Å². The summed E-state index contributed by atoms with van der Waals surface area (Å²) in [6, 6.07) is 10.1. The minimum atomic E-state index is -0.0465. The molecule has 0 saturated heterocycles. The SMILES string of the molecule is COc1ccc(C)cc1NC(=O)CN(C)[C@@H](C)c1cccs1. The van der Waals surface area contributed by atoms with Crippen LogP contribution in [0, 0.1) is 6.92 Å². The molecule has 1 aromatic carbocycles. The summed E-state index contributed by atoms with van der Waals surface area (Å²) in [6.45, 7) is 4.42. The maximum absolute atomic E-state index is 12.3. The van der Waals surface area contributed by atoms with E-state index in [-0.39, 0.29) is 11.9 Å². The molecule has 0 fully saturated rings. The zero-order chi connectivity index (χ0) is 16.1. The molecule has 1 amide bonds.